The molecular formula is C11H19N5O2S2. The molecule has 1 aromatic heterocycles. The Bertz CT molecular complexity index is 450. The number of carbonyl (C=O) groups is 2. The Morgan fingerprint density at radius 2 is 2.10 bits per heavy atom. The minimum atomic E-state index is -0.454. The van der Waals surface area contributed by atoms with Crippen LogP contribution in [-0.2, 0) is 4.79 Å². The molecule has 0 aliphatic rings. The molecule has 0 bridgehead atoms. The van der Waals surface area contributed by atoms with E-state index in [4.69, 9.17) is 0 Å². The topological polar surface area (TPSA) is 96.0 Å². The summed E-state index contributed by atoms with van der Waals surface area (Å²) in [5.74, 6) is 0.300. The summed E-state index contributed by atoms with van der Waals surface area (Å²) in [4.78, 5) is 23.0. The number of hydrogen-bond acceptors (Lipinski definition) is 7. The summed E-state index contributed by atoms with van der Waals surface area (Å²) in [5.41, 5.74) is 0. The number of rotatable bonds is 7. The lowest BCUT2D eigenvalue weighted by atomic mass is 10.1. The second-order valence-corrected chi connectivity index (χ2v) is 6.60. The fraction of sp³-hybridized carbons (Fsp3) is 0.636. The van der Waals surface area contributed by atoms with E-state index in [0.717, 1.165) is 6.42 Å². The van der Waals surface area contributed by atoms with Gasteiger partial charge in [-0.15, -0.1) is 10.2 Å². The van der Waals surface area contributed by atoms with Gasteiger partial charge >= 0.3 is 6.03 Å². The van der Waals surface area contributed by atoms with Crippen LogP contribution in [0.5, 0.6) is 0 Å². The molecule has 9 heteroatoms. The summed E-state index contributed by atoms with van der Waals surface area (Å²) in [6.07, 6.45) is 0.883. The molecule has 0 radical (unpaired) electrons. The number of carbonyl (C=O) groups excluding carboxylic acids is 2. The third-order valence-corrected chi connectivity index (χ3v) is 4.28. The molecule has 0 aliphatic heterocycles. The molecular weight excluding hydrogens is 298 g/mol. The molecule has 0 fully saturated rings. The molecule has 0 unspecified atom stereocenters. The number of amides is 3. The Morgan fingerprint density at radius 1 is 1.35 bits per heavy atom. The van der Waals surface area contributed by atoms with Gasteiger partial charge < -0.3 is 10.6 Å². The molecule has 1 aromatic rings. The molecule has 112 valence electrons. The Balaban J connectivity index is 2.20. The standard InChI is InChI=1S/C11H19N5O2S2/c1-7(2)4-5-13-9(18)14-8(17)6-19-11-16-15-10(12-3)20-11/h7H,4-6H2,1-3H3,(H,12,15)(H2,13,14,17,18). The first-order valence-electron chi connectivity index (χ1n) is 6.23. The smallest absolute Gasteiger partial charge is 0.321 e. The average Bonchev–Trinajstić information content (AvgIpc) is 2.83. The maximum absolute atomic E-state index is 11.5. The molecule has 0 aliphatic carbocycles. The number of thioether (sulfide) groups is 1. The predicted molar refractivity (Wildman–Crippen MR) is 81.2 cm³/mol. The third kappa shape index (κ3) is 6.71. The van der Waals surface area contributed by atoms with E-state index in [2.05, 4.69) is 40.0 Å². The summed E-state index contributed by atoms with van der Waals surface area (Å²) >= 11 is 2.61. The Kier molecular flexibility index (Phi) is 7.31. The second kappa shape index (κ2) is 8.75. The van der Waals surface area contributed by atoms with Gasteiger partial charge in [-0.25, -0.2) is 4.79 Å². The number of aromatic nitrogens is 2. The predicted octanol–water partition coefficient (Wildman–Crippen LogP) is 1.54. The molecule has 3 N–H and O–H groups in total. The van der Waals surface area contributed by atoms with Gasteiger partial charge in [-0.1, -0.05) is 36.9 Å². The Hall–Kier alpha value is -1.35. The van der Waals surface area contributed by atoms with Crippen LogP contribution in [0.2, 0.25) is 0 Å². The zero-order valence-corrected chi connectivity index (χ0v) is 13.4. The molecule has 7 nitrogen and oxygen atoms in total. The van der Waals surface area contributed by atoms with E-state index >= 15 is 0 Å². The van der Waals surface area contributed by atoms with Crippen molar-refractivity contribution in [2.45, 2.75) is 24.6 Å². The van der Waals surface area contributed by atoms with Crippen LogP contribution in [0.4, 0.5) is 9.93 Å². The van der Waals surface area contributed by atoms with Gasteiger partial charge in [0.1, 0.15) is 0 Å². The molecule has 0 aromatic carbocycles. The van der Waals surface area contributed by atoms with Crippen LogP contribution in [0.15, 0.2) is 4.34 Å². The molecule has 1 rings (SSSR count). The van der Waals surface area contributed by atoms with Crippen LogP contribution in [0.3, 0.4) is 0 Å². The molecule has 0 spiro atoms. The quantitative estimate of drug-likeness (QED) is 0.660. The lowest BCUT2D eigenvalue weighted by molar-refractivity contribution is -0.117. The molecule has 0 saturated heterocycles. The highest BCUT2D eigenvalue weighted by Gasteiger charge is 2.10. The largest absolute Gasteiger partial charge is 0.363 e. The zero-order chi connectivity index (χ0) is 15.0. The van der Waals surface area contributed by atoms with Crippen molar-refractivity contribution in [1.82, 2.24) is 20.8 Å². The van der Waals surface area contributed by atoms with E-state index in [1.807, 2.05) is 0 Å². The van der Waals surface area contributed by atoms with Gasteiger partial charge in [0.25, 0.3) is 0 Å². The first kappa shape index (κ1) is 16.7. The van der Waals surface area contributed by atoms with Crippen molar-refractivity contribution in [1.29, 1.82) is 0 Å². The fourth-order valence-corrected chi connectivity index (χ4v) is 2.68. The van der Waals surface area contributed by atoms with Gasteiger partial charge in [-0.2, -0.15) is 0 Å². The summed E-state index contributed by atoms with van der Waals surface area (Å²) < 4.78 is 0.685. The number of hydrogen-bond donors (Lipinski definition) is 3. The van der Waals surface area contributed by atoms with Gasteiger partial charge in [0, 0.05) is 13.6 Å². The van der Waals surface area contributed by atoms with Gasteiger partial charge in [0.15, 0.2) is 4.34 Å². The Labute approximate surface area is 126 Å². The monoisotopic (exact) mass is 317 g/mol. The lowest BCUT2D eigenvalue weighted by Crippen LogP contribution is -2.40. The van der Waals surface area contributed by atoms with Gasteiger partial charge in [0.05, 0.1) is 5.75 Å². The lowest BCUT2D eigenvalue weighted by Gasteiger charge is -2.07. The maximum atomic E-state index is 11.5. The van der Waals surface area contributed by atoms with Crippen molar-refractivity contribution in [2.24, 2.45) is 5.92 Å². The van der Waals surface area contributed by atoms with E-state index in [0.29, 0.717) is 21.9 Å². The third-order valence-electron chi connectivity index (χ3n) is 2.21. The summed E-state index contributed by atoms with van der Waals surface area (Å²) in [7, 11) is 1.75. The molecule has 0 saturated carbocycles. The SMILES string of the molecule is CNc1nnc(SCC(=O)NC(=O)NCCC(C)C)s1. The van der Waals surface area contributed by atoms with Gasteiger partial charge in [0.2, 0.25) is 11.0 Å². The summed E-state index contributed by atoms with van der Waals surface area (Å²) in [6, 6.07) is -0.454. The van der Waals surface area contributed by atoms with E-state index in [9.17, 15) is 9.59 Å². The van der Waals surface area contributed by atoms with E-state index in [1.165, 1.54) is 23.1 Å². The van der Waals surface area contributed by atoms with Crippen LogP contribution in [0.1, 0.15) is 20.3 Å². The number of anilines is 1. The van der Waals surface area contributed by atoms with E-state index in [-0.39, 0.29) is 11.7 Å². The Morgan fingerprint density at radius 3 is 2.70 bits per heavy atom. The number of urea groups is 1. The van der Waals surface area contributed by atoms with Gasteiger partial charge in [-0.05, 0) is 12.3 Å². The minimum absolute atomic E-state index is 0.135. The fourth-order valence-electron chi connectivity index (χ4n) is 1.18. The van der Waals surface area contributed by atoms with Crippen molar-refractivity contribution in [3.05, 3.63) is 0 Å². The van der Waals surface area contributed by atoms with E-state index in [1.54, 1.807) is 7.05 Å². The highest BCUT2D eigenvalue weighted by Crippen LogP contribution is 2.24. The summed E-state index contributed by atoms with van der Waals surface area (Å²) in [5, 5.41) is 16.2. The average molecular weight is 317 g/mol. The first-order chi connectivity index (χ1) is 9.51. The van der Waals surface area contributed by atoms with Crippen molar-refractivity contribution in [3.63, 3.8) is 0 Å². The van der Waals surface area contributed by atoms with Crippen molar-refractivity contribution < 1.29 is 9.59 Å². The van der Waals surface area contributed by atoms with Crippen molar-refractivity contribution in [2.75, 3.05) is 24.7 Å². The molecule has 20 heavy (non-hydrogen) atoms. The molecule has 1 heterocycles. The van der Waals surface area contributed by atoms with Crippen molar-refractivity contribution >= 4 is 40.2 Å². The van der Waals surface area contributed by atoms with Gasteiger partial charge in [-0.3, -0.25) is 10.1 Å². The van der Waals surface area contributed by atoms with Crippen LogP contribution < -0.4 is 16.0 Å². The van der Waals surface area contributed by atoms with Crippen LogP contribution in [-0.4, -0.2) is 41.5 Å². The van der Waals surface area contributed by atoms with Crippen LogP contribution >= 0.6 is 23.1 Å². The van der Waals surface area contributed by atoms with E-state index < -0.39 is 6.03 Å². The number of nitrogens with one attached hydrogen (secondary N) is 3. The maximum Gasteiger partial charge on any atom is 0.321 e. The number of imide groups is 1. The minimum Gasteiger partial charge on any atom is -0.363 e. The number of nitrogens with zero attached hydrogens (tertiary/aromatic N) is 2. The highest BCUT2D eigenvalue weighted by atomic mass is 32.2. The second-order valence-electron chi connectivity index (χ2n) is 4.40. The normalized spacial score (nSPS) is 10.4. The first-order valence-corrected chi connectivity index (χ1v) is 8.03. The zero-order valence-electron chi connectivity index (χ0n) is 11.7. The van der Waals surface area contributed by atoms with Crippen molar-refractivity contribution in [3.8, 4) is 0 Å². The molecule has 0 atom stereocenters. The van der Waals surface area contributed by atoms with Crippen LogP contribution in [0.25, 0.3) is 0 Å². The summed E-state index contributed by atoms with van der Waals surface area (Å²) in [6.45, 7) is 4.71. The molecule has 3 amide bonds. The highest BCUT2D eigenvalue weighted by molar-refractivity contribution is 8.01. The van der Waals surface area contributed by atoms with Crippen LogP contribution in [0, 0.1) is 5.92 Å².